The van der Waals surface area contributed by atoms with Gasteiger partial charge in [0.1, 0.15) is 0 Å². The summed E-state index contributed by atoms with van der Waals surface area (Å²) >= 11 is 2.05. The fraction of sp³-hybridized carbons (Fsp3) is 0.111. The van der Waals surface area contributed by atoms with Gasteiger partial charge < -0.3 is 0 Å². The SMILES string of the molecule is [Li][c]1ccc(OCC=C)cc1. The van der Waals surface area contributed by atoms with Crippen molar-refractivity contribution < 1.29 is 4.74 Å². The van der Waals surface area contributed by atoms with Crippen molar-refractivity contribution in [2.75, 3.05) is 6.61 Å². The summed E-state index contributed by atoms with van der Waals surface area (Å²) in [4.78, 5) is 0. The predicted molar refractivity (Wildman–Crippen MR) is 47.5 cm³/mol. The Morgan fingerprint density at radius 1 is 1.36 bits per heavy atom. The van der Waals surface area contributed by atoms with Gasteiger partial charge in [-0.1, -0.05) is 0 Å². The van der Waals surface area contributed by atoms with Crippen molar-refractivity contribution in [3.05, 3.63) is 36.9 Å². The van der Waals surface area contributed by atoms with E-state index in [4.69, 9.17) is 4.74 Å². The summed E-state index contributed by atoms with van der Waals surface area (Å²) in [5.74, 6) is 0.899. The molecular weight excluding hydrogens is 131 g/mol. The van der Waals surface area contributed by atoms with Crippen LogP contribution in [0.5, 0.6) is 5.75 Å². The second-order valence-electron chi connectivity index (χ2n) is 2.41. The van der Waals surface area contributed by atoms with Gasteiger partial charge in [-0.3, -0.25) is 0 Å². The van der Waals surface area contributed by atoms with Crippen molar-refractivity contribution in [1.29, 1.82) is 0 Å². The van der Waals surface area contributed by atoms with Crippen molar-refractivity contribution in [3.8, 4) is 5.75 Å². The molecule has 0 saturated carbocycles. The molecule has 0 aromatic heterocycles. The second-order valence-corrected chi connectivity index (χ2v) is 2.41. The Bertz CT molecular complexity index is 228. The van der Waals surface area contributed by atoms with Gasteiger partial charge in [0, 0.05) is 0 Å². The zero-order chi connectivity index (χ0) is 8.10. The first-order chi connectivity index (χ1) is 5.33. The van der Waals surface area contributed by atoms with Gasteiger partial charge in [-0.2, -0.15) is 0 Å². The van der Waals surface area contributed by atoms with Crippen LogP contribution in [0.1, 0.15) is 0 Å². The molecule has 0 spiro atoms. The first-order valence-electron chi connectivity index (χ1n) is 3.63. The summed E-state index contributed by atoms with van der Waals surface area (Å²) in [6, 6.07) is 7.97. The maximum atomic E-state index is 5.29. The van der Waals surface area contributed by atoms with Gasteiger partial charge in [0.2, 0.25) is 0 Å². The third-order valence-electron chi connectivity index (χ3n) is 1.39. The van der Waals surface area contributed by atoms with Crippen molar-refractivity contribution in [3.63, 3.8) is 0 Å². The van der Waals surface area contributed by atoms with Gasteiger partial charge in [-0.25, -0.2) is 0 Å². The summed E-state index contributed by atoms with van der Waals surface area (Å²) < 4.78 is 6.54. The summed E-state index contributed by atoms with van der Waals surface area (Å²) in [7, 11) is 0. The average molecular weight is 140 g/mol. The van der Waals surface area contributed by atoms with Crippen LogP contribution < -0.4 is 8.97 Å². The monoisotopic (exact) mass is 140 g/mol. The number of benzene rings is 1. The Morgan fingerprint density at radius 3 is 2.55 bits per heavy atom. The number of ether oxygens (including phenoxy) is 1. The summed E-state index contributed by atoms with van der Waals surface area (Å²) in [5.41, 5.74) is 0. The summed E-state index contributed by atoms with van der Waals surface area (Å²) in [6.45, 7) is 4.14. The van der Waals surface area contributed by atoms with Gasteiger partial charge in [0.15, 0.2) is 0 Å². The molecule has 0 N–H and O–H groups in total. The summed E-state index contributed by atoms with van der Waals surface area (Å²) in [6.07, 6.45) is 1.74. The van der Waals surface area contributed by atoms with Crippen LogP contribution in [0.2, 0.25) is 0 Å². The van der Waals surface area contributed by atoms with E-state index in [1.54, 1.807) is 6.08 Å². The third-order valence-corrected chi connectivity index (χ3v) is 1.39. The minimum atomic E-state index is 0.572. The Labute approximate surface area is 76.3 Å². The van der Waals surface area contributed by atoms with Crippen LogP contribution in [-0.4, -0.2) is 24.3 Å². The standard InChI is InChI=1S/C9H9O.Li/c1-2-8-10-9-6-4-3-5-7-9;/h2,4-7H,1,8H2;. The molecule has 52 valence electrons. The molecule has 1 rings (SSSR count). The minimum absolute atomic E-state index is 0.572. The van der Waals surface area contributed by atoms with Gasteiger partial charge in [-0.15, -0.1) is 0 Å². The molecule has 0 saturated heterocycles. The molecule has 0 fully saturated rings. The molecule has 0 aliphatic heterocycles. The fourth-order valence-corrected chi connectivity index (χ4v) is 0.790. The molecule has 1 aromatic rings. The van der Waals surface area contributed by atoms with E-state index in [0.29, 0.717) is 6.61 Å². The first kappa shape index (κ1) is 8.45. The molecule has 0 heterocycles. The normalized spacial score (nSPS) is 9.27. The molecule has 11 heavy (non-hydrogen) atoms. The molecule has 0 radical (unpaired) electrons. The molecule has 0 aliphatic rings. The van der Waals surface area contributed by atoms with Crippen LogP contribution in [0.15, 0.2) is 36.9 Å². The first-order valence-corrected chi connectivity index (χ1v) is 3.63. The Kier molecular flexibility index (Phi) is 3.29. The molecule has 0 amide bonds. The van der Waals surface area contributed by atoms with Crippen molar-refractivity contribution in [2.45, 2.75) is 0 Å². The summed E-state index contributed by atoms with van der Waals surface area (Å²) in [5, 5.41) is 0. The van der Waals surface area contributed by atoms with Crippen LogP contribution in [-0.2, 0) is 0 Å². The Hall–Kier alpha value is -0.643. The van der Waals surface area contributed by atoms with Gasteiger partial charge >= 0.3 is 76.0 Å². The van der Waals surface area contributed by atoms with E-state index in [2.05, 4.69) is 24.3 Å². The molecule has 0 atom stereocenters. The average Bonchev–Trinajstić information content (AvgIpc) is 2.04. The van der Waals surface area contributed by atoms with E-state index in [0.717, 1.165) is 5.75 Å². The fourth-order valence-electron chi connectivity index (χ4n) is 0.790. The zero-order valence-electron chi connectivity index (χ0n) is 6.71. The van der Waals surface area contributed by atoms with E-state index < -0.39 is 0 Å². The van der Waals surface area contributed by atoms with E-state index in [1.807, 2.05) is 24.3 Å². The quantitative estimate of drug-likeness (QED) is 0.450. The Balaban J connectivity index is 2.58. The molecule has 0 bridgehead atoms. The van der Waals surface area contributed by atoms with Crippen LogP contribution in [0.25, 0.3) is 0 Å². The van der Waals surface area contributed by atoms with Crippen LogP contribution in [0.3, 0.4) is 0 Å². The van der Waals surface area contributed by atoms with Crippen molar-refractivity contribution in [2.24, 2.45) is 0 Å². The second kappa shape index (κ2) is 4.28. The number of hydrogen-bond donors (Lipinski definition) is 0. The van der Waals surface area contributed by atoms with Crippen molar-refractivity contribution >= 4 is 22.0 Å². The van der Waals surface area contributed by atoms with E-state index >= 15 is 0 Å². The molecular formula is C9H9LiO. The van der Waals surface area contributed by atoms with Crippen LogP contribution >= 0.6 is 0 Å². The Morgan fingerprint density at radius 2 is 2.00 bits per heavy atom. The van der Waals surface area contributed by atoms with E-state index in [9.17, 15) is 0 Å². The third kappa shape index (κ3) is 2.84. The van der Waals surface area contributed by atoms with E-state index in [-0.39, 0.29) is 0 Å². The predicted octanol–water partition coefficient (Wildman–Crippen LogP) is 1.05. The molecule has 0 unspecified atom stereocenters. The molecule has 1 nitrogen and oxygen atoms in total. The topological polar surface area (TPSA) is 9.23 Å². The number of hydrogen-bond acceptors (Lipinski definition) is 1. The van der Waals surface area contributed by atoms with Crippen LogP contribution in [0.4, 0.5) is 0 Å². The molecule has 1 aromatic carbocycles. The van der Waals surface area contributed by atoms with Gasteiger partial charge in [-0.05, 0) is 0 Å². The number of rotatable bonds is 3. The zero-order valence-corrected chi connectivity index (χ0v) is 6.71. The maximum absolute atomic E-state index is 5.29. The molecule has 0 aliphatic carbocycles. The van der Waals surface area contributed by atoms with Crippen LogP contribution in [0, 0.1) is 0 Å². The van der Waals surface area contributed by atoms with Gasteiger partial charge in [0.25, 0.3) is 0 Å². The van der Waals surface area contributed by atoms with E-state index in [1.165, 1.54) is 4.24 Å². The molecule has 2 heteroatoms. The van der Waals surface area contributed by atoms with Gasteiger partial charge in [0.05, 0.1) is 0 Å². The van der Waals surface area contributed by atoms with Crippen molar-refractivity contribution in [1.82, 2.24) is 0 Å².